The topological polar surface area (TPSA) is 107 Å². The Bertz CT molecular complexity index is 672. The molecule has 0 radical (unpaired) electrons. The van der Waals surface area contributed by atoms with E-state index >= 15 is 0 Å². The highest BCUT2D eigenvalue weighted by Crippen LogP contribution is 2.20. The van der Waals surface area contributed by atoms with Crippen molar-refractivity contribution in [2.45, 2.75) is 6.92 Å². The maximum absolute atomic E-state index is 10.6. The lowest BCUT2D eigenvalue weighted by Gasteiger charge is -1.98. The molecule has 0 aromatic heterocycles. The average molecular weight is 351 g/mol. The fourth-order valence-corrected chi connectivity index (χ4v) is 1.86. The quantitative estimate of drug-likeness (QED) is 0.625. The normalized spacial score (nSPS) is 9.43. The van der Waals surface area contributed by atoms with Crippen LogP contribution < -0.4 is 5.73 Å². The van der Waals surface area contributed by atoms with Crippen molar-refractivity contribution in [3.63, 3.8) is 0 Å². The van der Waals surface area contributed by atoms with Gasteiger partial charge in [-0.15, -0.1) is 0 Å². The molecule has 0 atom stereocenters. The molecule has 2 aromatic carbocycles. The molecular weight excluding hydrogens is 336 g/mol. The molecule has 0 saturated heterocycles. The summed E-state index contributed by atoms with van der Waals surface area (Å²) in [5, 5.41) is 25.1. The van der Waals surface area contributed by atoms with Gasteiger partial charge in [-0.2, -0.15) is 0 Å². The van der Waals surface area contributed by atoms with E-state index in [9.17, 15) is 4.79 Å². The van der Waals surface area contributed by atoms with Crippen molar-refractivity contribution in [1.29, 1.82) is 5.41 Å². The number of halogens is 1. The van der Waals surface area contributed by atoms with Crippen LogP contribution in [-0.2, 0) is 0 Å². The average Bonchev–Trinajstić information content (AvgIpc) is 2.44. The molecule has 0 spiro atoms. The highest BCUT2D eigenvalue weighted by atomic mass is 79.9. The van der Waals surface area contributed by atoms with E-state index in [0.29, 0.717) is 10.0 Å². The van der Waals surface area contributed by atoms with Crippen molar-refractivity contribution in [3.8, 4) is 11.5 Å². The highest BCUT2D eigenvalue weighted by molar-refractivity contribution is 9.10. The van der Waals surface area contributed by atoms with Gasteiger partial charge in [-0.1, -0.05) is 27.6 Å². The summed E-state index contributed by atoms with van der Waals surface area (Å²) in [6.07, 6.45) is 1.14. The number of carbonyl (C=O) groups is 1. The summed E-state index contributed by atoms with van der Waals surface area (Å²) < 4.78 is 0.712. The predicted octanol–water partition coefficient (Wildman–Crippen LogP) is 2.95. The molecule has 1 amide bonds. The Morgan fingerprint density at radius 3 is 2.29 bits per heavy atom. The lowest BCUT2D eigenvalue weighted by atomic mass is 10.1. The van der Waals surface area contributed by atoms with Gasteiger partial charge in [-0.05, 0) is 37.3 Å². The van der Waals surface area contributed by atoms with Crippen molar-refractivity contribution in [3.05, 3.63) is 57.6 Å². The van der Waals surface area contributed by atoms with Crippen LogP contribution in [0.1, 0.15) is 21.5 Å². The number of carbonyl (C=O) groups excluding carboxylic acids is 1. The smallest absolute Gasteiger partial charge is 0.252 e. The first-order valence-corrected chi connectivity index (χ1v) is 6.73. The zero-order chi connectivity index (χ0) is 16.0. The van der Waals surface area contributed by atoms with Crippen molar-refractivity contribution in [1.82, 2.24) is 0 Å². The maximum Gasteiger partial charge on any atom is 0.252 e. The third-order valence-electron chi connectivity index (χ3n) is 2.56. The summed E-state index contributed by atoms with van der Waals surface area (Å²) in [5.41, 5.74) is 6.71. The monoisotopic (exact) mass is 350 g/mol. The molecule has 21 heavy (non-hydrogen) atoms. The van der Waals surface area contributed by atoms with Crippen LogP contribution in [0.2, 0.25) is 0 Å². The van der Waals surface area contributed by atoms with E-state index in [1.807, 2.05) is 13.0 Å². The fourth-order valence-electron chi connectivity index (χ4n) is 1.50. The van der Waals surface area contributed by atoms with Crippen LogP contribution in [0, 0.1) is 12.3 Å². The van der Waals surface area contributed by atoms with Crippen LogP contribution in [-0.4, -0.2) is 22.3 Å². The van der Waals surface area contributed by atoms with Crippen LogP contribution >= 0.6 is 15.9 Å². The van der Waals surface area contributed by atoms with Crippen LogP contribution in [0.4, 0.5) is 0 Å². The zero-order valence-electron chi connectivity index (χ0n) is 11.3. The second-order valence-electron chi connectivity index (χ2n) is 4.23. The number of nitrogens with one attached hydrogen (secondary N) is 1. The maximum atomic E-state index is 10.6. The van der Waals surface area contributed by atoms with Gasteiger partial charge in [0.2, 0.25) is 0 Å². The van der Waals surface area contributed by atoms with E-state index in [1.54, 1.807) is 18.2 Å². The molecule has 0 aliphatic rings. The second kappa shape index (κ2) is 7.44. The molecule has 0 unspecified atom stereocenters. The molecule has 0 aliphatic heterocycles. The molecule has 110 valence electrons. The van der Waals surface area contributed by atoms with Crippen LogP contribution in [0.15, 0.2) is 40.9 Å². The largest absolute Gasteiger partial charge is 0.507 e. The van der Waals surface area contributed by atoms with Crippen molar-refractivity contribution in [2.24, 2.45) is 5.73 Å². The number of phenols is 2. The van der Waals surface area contributed by atoms with E-state index < -0.39 is 5.91 Å². The Balaban J connectivity index is 0.000000211. The number of amides is 1. The lowest BCUT2D eigenvalue weighted by molar-refractivity contribution is 0.0997. The summed E-state index contributed by atoms with van der Waals surface area (Å²) in [5.74, 6) is -0.565. The van der Waals surface area contributed by atoms with Gasteiger partial charge < -0.3 is 21.4 Å². The number of primary amides is 1. The molecule has 6 heteroatoms. The van der Waals surface area contributed by atoms with E-state index in [2.05, 4.69) is 15.9 Å². The van der Waals surface area contributed by atoms with E-state index in [0.717, 1.165) is 11.8 Å². The Kier molecular flexibility index (Phi) is 5.92. The van der Waals surface area contributed by atoms with Gasteiger partial charge in [0.05, 0.1) is 5.56 Å². The molecule has 0 bridgehead atoms. The minimum Gasteiger partial charge on any atom is -0.507 e. The molecule has 5 N–H and O–H groups in total. The predicted molar refractivity (Wildman–Crippen MR) is 85.1 cm³/mol. The number of nitrogens with two attached hydrogens (primary N) is 1. The molecule has 5 nitrogen and oxygen atoms in total. The molecule has 0 fully saturated rings. The van der Waals surface area contributed by atoms with E-state index in [1.165, 1.54) is 12.1 Å². The number of aromatic hydroxyl groups is 2. The number of benzene rings is 2. The van der Waals surface area contributed by atoms with Gasteiger partial charge in [0.1, 0.15) is 11.5 Å². The summed E-state index contributed by atoms with van der Waals surface area (Å²) >= 11 is 3.15. The summed E-state index contributed by atoms with van der Waals surface area (Å²) in [7, 11) is 0. The molecule has 0 heterocycles. The third-order valence-corrected chi connectivity index (χ3v) is 3.06. The first kappa shape index (κ1) is 16.7. The Morgan fingerprint density at radius 2 is 1.81 bits per heavy atom. The number of phenolic OH excluding ortho intramolecular Hbond substituents is 1. The van der Waals surface area contributed by atoms with Gasteiger partial charge in [-0.25, -0.2) is 0 Å². The first-order valence-electron chi connectivity index (χ1n) is 5.93. The van der Waals surface area contributed by atoms with E-state index in [4.69, 9.17) is 21.4 Å². The minimum atomic E-state index is -0.635. The minimum absolute atomic E-state index is 0.0966. The third kappa shape index (κ3) is 4.92. The first-order chi connectivity index (χ1) is 9.85. The Labute approximate surface area is 130 Å². The van der Waals surface area contributed by atoms with Crippen molar-refractivity contribution in [2.75, 3.05) is 0 Å². The summed E-state index contributed by atoms with van der Waals surface area (Å²) in [6.45, 7) is 1.92. The number of hydrogen-bond donors (Lipinski definition) is 4. The highest BCUT2D eigenvalue weighted by Gasteiger charge is 2.06. The summed E-state index contributed by atoms with van der Waals surface area (Å²) in [4.78, 5) is 10.6. The molecule has 0 saturated carbocycles. The zero-order valence-corrected chi connectivity index (χ0v) is 12.9. The fraction of sp³-hybridized carbons (Fsp3) is 0.0667. The van der Waals surface area contributed by atoms with Gasteiger partial charge in [-0.3, -0.25) is 4.79 Å². The molecule has 0 aliphatic carbocycles. The number of rotatable bonds is 2. The molecule has 2 aromatic rings. The van der Waals surface area contributed by atoms with E-state index in [-0.39, 0.29) is 17.1 Å². The van der Waals surface area contributed by atoms with Crippen molar-refractivity contribution < 1.29 is 15.0 Å². The Hall–Kier alpha value is -2.34. The van der Waals surface area contributed by atoms with Crippen molar-refractivity contribution >= 4 is 28.1 Å². The number of hydrogen-bond acceptors (Lipinski definition) is 4. The molecule has 2 rings (SSSR count). The SMILES string of the molecule is Cc1ccc(O)c(C=N)c1.NC(=O)c1cc(Br)ccc1O. The van der Waals surface area contributed by atoms with Gasteiger partial charge >= 0.3 is 0 Å². The van der Waals surface area contributed by atoms with Gasteiger partial charge in [0.25, 0.3) is 5.91 Å². The van der Waals surface area contributed by atoms with Crippen LogP contribution in [0.5, 0.6) is 11.5 Å². The van der Waals surface area contributed by atoms with Crippen LogP contribution in [0.25, 0.3) is 0 Å². The Morgan fingerprint density at radius 1 is 1.19 bits per heavy atom. The molecular formula is C15H15BrN2O3. The number of aryl methyl sites for hydroxylation is 1. The van der Waals surface area contributed by atoms with Gasteiger partial charge in [0, 0.05) is 16.3 Å². The van der Waals surface area contributed by atoms with Gasteiger partial charge in [0.15, 0.2) is 0 Å². The second-order valence-corrected chi connectivity index (χ2v) is 5.15. The van der Waals surface area contributed by atoms with Crippen LogP contribution in [0.3, 0.4) is 0 Å². The lowest BCUT2D eigenvalue weighted by Crippen LogP contribution is -2.10. The summed E-state index contributed by atoms with van der Waals surface area (Å²) in [6, 6.07) is 9.67. The standard InChI is InChI=1S/C8H9NO.C7H6BrNO2/c1-6-2-3-8(10)7(4-6)5-9;8-4-1-2-6(10)5(3-4)7(9)11/h2-5,9-10H,1H3;1-3,10H,(H2,9,11).